The number of amides is 2. The molecule has 1 fully saturated rings. The lowest BCUT2D eigenvalue weighted by molar-refractivity contribution is -0.158. The third-order valence-electron chi connectivity index (χ3n) is 8.78. The minimum Gasteiger partial charge on any atom is -0.460 e. The van der Waals surface area contributed by atoms with Crippen LogP contribution in [-0.2, 0) is 25.5 Å². The van der Waals surface area contributed by atoms with Gasteiger partial charge in [0.2, 0.25) is 11.8 Å². The highest BCUT2D eigenvalue weighted by Gasteiger charge is 2.61. The molecule has 0 heterocycles. The SMILES string of the molecule is Cc1cc(CCC2CC2(CC(=O)OC(C)(C)C)C(=O)N[C@H](C(=O)N[C@H](C)c2ccccc2)C(C)(C)C)ccc1-c1ccccc1. The van der Waals surface area contributed by atoms with Crippen molar-refractivity contribution in [2.45, 2.75) is 98.8 Å². The van der Waals surface area contributed by atoms with E-state index in [4.69, 9.17) is 4.74 Å². The van der Waals surface area contributed by atoms with Crippen molar-refractivity contribution in [1.82, 2.24) is 10.6 Å². The quantitative estimate of drug-likeness (QED) is 0.218. The standard InChI is InChI=1S/C39H50N2O4/c1-26-23-28(20-22-32(26)30-17-13-10-14-18-30)19-21-31-24-39(31,25-33(42)45-38(6,7)8)36(44)41-34(37(3,4)5)35(43)40-27(2)29-15-11-9-12-16-29/h9-18,20,22-23,27,31,34H,19,21,24-25H2,1-8H3,(H,40,43)(H,41,44)/t27-,31?,34-,39?/m1/s1. The Morgan fingerprint density at radius 1 is 0.889 bits per heavy atom. The maximum Gasteiger partial charge on any atom is 0.307 e. The Morgan fingerprint density at radius 3 is 2.09 bits per heavy atom. The molecule has 2 unspecified atom stereocenters. The molecule has 0 spiro atoms. The zero-order valence-corrected chi connectivity index (χ0v) is 28.2. The third kappa shape index (κ3) is 8.84. The predicted molar refractivity (Wildman–Crippen MR) is 180 cm³/mol. The monoisotopic (exact) mass is 610 g/mol. The minimum absolute atomic E-state index is 0.00560. The Bertz CT molecular complexity index is 1490. The summed E-state index contributed by atoms with van der Waals surface area (Å²) in [7, 11) is 0. The lowest BCUT2D eigenvalue weighted by atomic mass is 9.84. The van der Waals surface area contributed by atoms with Gasteiger partial charge in [-0.25, -0.2) is 0 Å². The molecule has 3 aromatic rings. The van der Waals surface area contributed by atoms with Crippen molar-refractivity contribution in [3.05, 3.63) is 95.6 Å². The molecule has 4 rings (SSSR count). The Hall–Kier alpha value is -3.93. The van der Waals surface area contributed by atoms with E-state index in [1.807, 2.05) is 97.0 Å². The molecule has 0 radical (unpaired) electrons. The van der Waals surface area contributed by atoms with Crippen molar-refractivity contribution in [3.8, 4) is 11.1 Å². The fraction of sp³-hybridized carbons (Fsp3) is 0.462. The van der Waals surface area contributed by atoms with E-state index < -0.39 is 28.4 Å². The van der Waals surface area contributed by atoms with Gasteiger partial charge < -0.3 is 15.4 Å². The van der Waals surface area contributed by atoms with Crippen LogP contribution in [0.4, 0.5) is 0 Å². The Morgan fingerprint density at radius 2 is 1.51 bits per heavy atom. The summed E-state index contributed by atoms with van der Waals surface area (Å²) in [6.45, 7) is 15.4. The second-order valence-corrected chi connectivity index (χ2v) is 14.8. The van der Waals surface area contributed by atoms with E-state index in [0.717, 1.165) is 18.4 Å². The van der Waals surface area contributed by atoms with Crippen LogP contribution < -0.4 is 10.6 Å². The minimum atomic E-state index is -0.907. The molecule has 6 heteroatoms. The Labute approximate surface area is 269 Å². The van der Waals surface area contributed by atoms with Gasteiger partial charge in [0.25, 0.3) is 0 Å². The van der Waals surface area contributed by atoms with E-state index >= 15 is 0 Å². The van der Waals surface area contributed by atoms with Crippen LogP contribution in [0.3, 0.4) is 0 Å². The van der Waals surface area contributed by atoms with Crippen molar-refractivity contribution >= 4 is 17.8 Å². The highest BCUT2D eigenvalue weighted by Crippen LogP contribution is 2.58. The number of carbonyl (C=O) groups excluding carboxylic acids is 3. The van der Waals surface area contributed by atoms with Crippen molar-refractivity contribution in [3.63, 3.8) is 0 Å². The first-order valence-electron chi connectivity index (χ1n) is 16.1. The van der Waals surface area contributed by atoms with Gasteiger partial charge in [0.15, 0.2) is 0 Å². The maximum absolute atomic E-state index is 14.1. The van der Waals surface area contributed by atoms with Crippen LogP contribution in [0.2, 0.25) is 0 Å². The molecular formula is C39H50N2O4. The number of ether oxygens (including phenoxy) is 1. The molecule has 2 N–H and O–H groups in total. The normalized spacial score (nSPS) is 19.2. The summed E-state index contributed by atoms with van der Waals surface area (Å²) in [5, 5.41) is 6.17. The first-order valence-corrected chi connectivity index (χ1v) is 16.1. The van der Waals surface area contributed by atoms with Crippen molar-refractivity contribution < 1.29 is 19.1 Å². The molecular weight excluding hydrogens is 560 g/mol. The van der Waals surface area contributed by atoms with Gasteiger partial charge in [-0.2, -0.15) is 0 Å². The first-order chi connectivity index (χ1) is 21.1. The fourth-order valence-electron chi connectivity index (χ4n) is 6.20. The number of hydrogen-bond acceptors (Lipinski definition) is 4. The second kappa shape index (κ2) is 13.6. The Balaban J connectivity index is 1.50. The van der Waals surface area contributed by atoms with Crippen molar-refractivity contribution in [2.75, 3.05) is 0 Å². The van der Waals surface area contributed by atoms with E-state index in [1.54, 1.807) is 0 Å². The van der Waals surface area contributed by atoms with Crippen LogP contribution in [0.15, 0.2) is 78.9 Å². The average Bonchev–Trinajstić information content (AvgIpc) is 3.67. The largest absolute Gasteiger partial charge is 0.460 e. The summed E-state index contributed by atoms with van der Waals surface area (Å²) in [4.78, 5) is 40.8. The highest BCUT2D eigenvalue weighted by atomic mass is 16.6. The molecule has 45 heavy (non-hydrogen) atoms. The third-order valence-corrected chi connectivity index (χ3v) is 8.78. The van der Waals surface area contributed by atoms with Gasteiger partial charge in [-0.1, -0.05) is 99.6 Å². The van der Waals surface area contributed by atoms with Crippen LogP contribution in [0, 0.1) is 23.7 Å². The molecule has 2 amide bonds. The number of carbonyl (C=O) groups is 3. The van der Waals surface area contributed by atoms with Crippen LogP contribution in [0.5, 0.6) is 0 Å². The number of esters is 1. The molecule has 0 aliphatic heterocycles. The van der Waals surface area contributed by atoms with Gasteiger partial charge in [0, 0.05) is 0 Å². The van der Waals surface area contributed by atoms with Crippen molar-refractivity contribution in [2.24, 2.45) is 16.7 Å². The maximum atomic E-state index is 14.1. The lowest BCUT2D eigenvalue weighted by Gasteiger charge is -2.33. The molecule has 0 bridgehead atoms. The van der Waals surface area contributed by atoms with E-state index in [-0.39, 0.29) is 30.2 Å². The molecule has 1 aliphatic carbocycles. The number of hydrogen-bond donors (Lipinski definition) is 2. The van der Waals surface area contributed by atoms with Crippen LogP contribution in [-0.4, -0.2) is 29.4 Å². The summed E-state index contributed by atoms with van der Waals surface area (Å²) >= 11 is 0. The van der Waals surface area contributed by atoms with Gasteiger partial charge in [-0.15, -0.1) is 0 Å². The van der Waals surface area contributed by atoms with Gasteiger partial charge >= 0.3 is 5.97 Å². The average molecular weight is 611 g/mol. The molecule has 6 nitrogen and oxygen atoms in total. The van der Waals surface area contributed by atoms with E-state index in [1.165, 1.54) is 22.3 Å². The molecule has 3 aromatic carbocycles. The molecule has 240 valence electrons. The number of rotatable bonds is 11. The highest BCUT2D eigenvalue weighted by molar-refractivity contribution is 5.94. The van der Waals surface area contributed by atoms with Crippen LogP contribution in [0.1, 0.15) is 90.5 Å². The van der Waals surface area contributed by atoms with Crippen molar-refractivity contribution in [1.29, 1.82) is 0 Å². The first kappa shape index (κ1) is 34.0. The van der Waals surface area contributed by atoms with Gasteiger partial charge in [-0.05, 0) is 93.0 Å². The zero-order valence-electron chi connectivity index (χ0n) is 28.2. The van der Waals surface area contributed by atoms with Crippen LogP contribution >= 0.6 is 0 Å². The lowest BCUT2D eigenvalue weighted by Crippen LogP contribution is -2.55. The Kier molecular flexibility index (Phi) is 10.3. The van der Waals surface area contributed by atoms with Gasteiger partial charge in [0.1, 0.15) is 11.6 Å². The second-order valence-electron chi connectivity index (χ2n) is 14.8. The number of nitrogens with one attached hydrogen (secondary N) is 2. The summed E-state index contributed by atoms with van der Waals surface area (Å²) in [5.41, 5.74) is 3.68. The topological polar surface area (TPSA) is 84.5 Å². The van der Waals surface area contributed by atoms with E-state index in [0.29, 0.717) is 6.42 Å². The summed E-state index contributed by atoms with van der Waals surface area (Å²) < 4.78 is 5.67. The fourth-order valence-corrected chi connectivity index (χ4v) is 6.20. The van der Waals surface area contributed by atoms with Gasteiger partial charge in [0.05, 0.1) is 17.9 Å². The summed E-state index contributed by atoms with van der Waals surface area (Å²) in [6, 6.07) is 25.6. The molecule has 0 saturated heterocycles. The zero-order chi connectivity index (χ0) is 33.0. The summed E-state index contributed by atoms with van der Waals surface area (Å²) in [6.07, 6.45) is 2.13. The number of benzene rings is 3. The van der Waals surface area contributed by atoms with E-state index in [2.05, 4.69) is 47.9 Å². The number of aryl methyl sites for hydroxylation is 2. The molecule has 0 aromatic heterocycles. The van der Waals surface area contributed by atoms with E-state index in [9.17, 15) is 14.4 Å². The summed E-state index contributed by atoms with van der Waals surface area (Å²) in [5.74, 6) is -0.883. The van der Waals surface area contributed by atoms with Gasteiger partial charge in [-0.3, -0.25) is 14.4 Å². The predicted octanol–water partition coefficient (Wildman–Crippen LogP) is 7.74. The molecule has 4 atom stereocenters. The molecule has 1 aliphatic rings. The molecule has 1 saturated carbocycles. The van der Waals surface area contributed by atoms with Crippen LogP contribution in [0.25, 0.3) is 11.1 Å². The smallest absolute Gasteiger partial charge is 0.307 e.